The second kappa shape index (κ2) is 8.20. The van der Waals surface area contributed by atoms with Crippen LogP contribution in [0, 0.1) is 5.82 Å². The first-order valence-electron chi connectivity index (χ1n) is 8.22. The Morgan fingerprint density at radius 2 is 1.77 bits per heavy atom. The van der Waals surface area contributed by atoms with Gasteiger partial charge in [-0.05, 0) is 11.6 Å². The number of hydrogen-bond donors (Lipinski definition) is 1. The molecule has 0 fully saturated rings. The van der Waals surface area contributed by atoms with Gasteiger partial charge in [-0.1, -0.05) is 48.5 Å². The highest BCUT2D eigenvalue weighted by Crippen LogP contribution is 2.12. The van der Waals surface area contributed by atoms with Crippen molar-refractivity contribution in [2.45, 2.75) is 13.1 Å². The lowest BCUT2D eigenvalue weighted by Gasteiger charge is -2.17. The summed E-state index contributed by atoms with van der Waals surface area (Å²) in [5.41, 5.74) is 1.77. The minimum absolute atomic E-state index is 0.100. The van der Waals surface area contributed by atoms with E-state index in [-0.39, 0.29) is 18.1 Å². The summed E-state index contributed by atoms with van der Waals surface area (Å²) in [5, 5.41) is 2.65. The Morgan fingerprint density at radius 1 is 1.04 bits per heavy atom. The van der Waals surface area contributed by atoms with E-state index in [0.717, 1.165) is 5.56 Å². The molecule has 6 heteroatoms. The summed E-state index contributed by atoms with van der Waals surface area (Å²) in [6.07, 6.45) is 2.98. The van der Waals surface area contributed by atoms with Crippen LogP contribution in [0.3, 0.4) is 0 Å². The molecule has 3 aromatic rings. The smallest absolute Gasteiger partial charge is 0.271 e. The van der Waals surface area contributed by atoms with E-state index < -0.39 is 5.91 Å². The minimum Gasteiger partial charge on any atom is -0.354 e. The molecule has 1 amide bonds. The summed E-state index contributed by atoms with van der Waals surface area (Å²) in [4.78, 5) is 22.6. The van der Waals surface area contributed by atoms with Gasteiger partial charge in [0.05, 0.1) is 12.4 Å². The fourth-order valence-corrected chi connectivity index (χ4v) is 2.48. The van der Waals surface area contributed by atoms with E-state index in [9.17, 15) is 9.18 Å². The lowest BCUT2D eigenvalue weighted by Crippen LogP contribution is -2.25. The Morgan fingerprint density at radius 3 is 2.46 bits per heavy atom. The topological polar surface area (TPSA) is 58.1 Å². The van der Waals surface area contributed by atoms with Crippen molar-refractivity contribution in [2.24, 2.45) is 0 Å². The summed E-state index contributed by atoms with van der Waals surface area (Å²) in [5.74, 6) is -0.0747. The van der Waals surface area contributed by atoms with Gasteiger partial charge in [0.2, 0.25) is 0 Å². The van der Waals surface area contributed by atoms with E-state index in [1.807, 2.05) is 42.3 Å². The van der Waals surface area contributed by atoms with Crippen LogP contribution in [-0.4, -0.2) is 22.9 Å². The van der Waals surface area contributed by atoms with Gasteiger partial charge >= 0.3 is 0 Å². The molecule has 26 heavy (non-hydrogen) atoms. The molecule has 132 valence electrons. The first-order chi connectivity index (χ1) is 12.6. The van der Waals surface area contributed by atoms with Gasteiger partial charge < -0.3 is 10.2 Å². The van der Waals surface area contributed by atoms with Crippen molar-refractivity contribution in [3.05, 3.63) is 89.6 Å². The van der Waals surface area contributed by atoms with Crippen molar-refractivity contribution in [2.75, 3.05) is 11.9 Å². The quantitative estimate of drug-likeness (QED) is 0.742. The normalized spacial score (nSPS) is 10.4. The second-order valence-electron chi connectivity index (χ2n) is 5.88. The molecule has 0 unspecified atom stereocenters. The monoisotopic (exact) mass is 350 g/mol. The minimum atomic E-state index is -0.391. The fourth-order valence-electron chi connectivity index (χ4n) is 2.48. The molecule has 5 nitrogen and oxygen atoms in total. The van der Waals surface area contributed by atoms with E-state index in [2.05, 4.69) is 15.3 Å². The second-order valence-corrected chi connectivity index (χ2v) is 5.88. The number of nitrogens with one attached hydrogen (secondary N) is 1. The van der Waals surface area contributed by atoms with Gasteiger partial charge in [-0.25, -0.2) is 14.4 Å². The number of aromatic nitrogens is 2. The molecule has 0 aliphatic rings. The van der Waals surface area contributed by atoms with E-state index in [1.165, 1.54) is 12.3 Å². The summed E-state index contributed by atoms with van der Waals surface area (Å²) >= 11 is 0. The molecule has 0 saturated heterocycles. The van der Waals surface area contributed by atoms with Crippen molar-refractivity contribution in [3.63, 3.8) is 0 Å². The average Bonchev–Trinajstić information content (AvgIpc) is 2.68. The number of anilines is 1. The maximum absolute atomic E-state index is 13.6. The number of benzene rings is 2. The van der Waals surface area contributed by atoms with Gasteiger partial charge in [0.25, 0.3) is 5.91 Å². The van der Waals surface area contributed by atoms with Crippen LogP contribution in [0.4, 0.5) is 10.2 Å². The lowest BCUT2D eigenvalue weighted by molar-refractivity contribution is 0.0945. The largest absolute Gasteiger partial charge is 0.354 e. The molecule has 3 rings (SSSR count). The maximum atomic E-state index is 13.6. The van der Waals surface area contributed by atoms with Crippen molar-refractivity contribution in [1.29, 1.82) is 0 Å². The van der Waals surface area contributed by atoms with Crippen molar-refractivity contribution < 1.29 is 9.18 Å². The van der Waals surface area contributed by atoms with Crippen LogP contribution >= 0.6 is 0 Å². The van der Waals surface area contributed by atoms with Crippen LogP contribution in [0.2, 0.25) is 0 Å². The molecule has 0 aliphatic heterocycles. The highest BCUT2D eigenvalue weighted by molar-refractivity contribution is 5.91. The first-order valence-corrected chi connectivity index (χ1v) is 8.22. The Bertz CT molecular complexity index is 868. The maximum Gasteiger partial charge on any atom is 0.271 e. The highest BCUT2D eigenvalue weighted by atomic mass is 19.1. The number of carbonyl (C=O) groups is 1. The molecule has 0 atom stereocenters. The molecule has 2 aromatic carbocycles. The predicted molar refractivity (Wildman–Crippen MR) is 98.2 cm³/mol. The van der Waals surface area contributed by atoms with Gasteiger partial charge in [-0.3, -0.25) is 4.79 Å². The zero-order chi connectivity index (χ0) is 18.4. The van der Waals surface area contributed by atoms with Gasteiger partial charge in [0, 0.05) is 25.7 Å². The number of nitrogens with zero attached hydrogens (tertiary/aromatic N) is 3. The molecule has 1 N–H and O–H groups in total. The van der Waals surface area contributed by atoms with Crippen LogP contribution in [0.5, 0.6) is 0 Å². The molecule has 0 radical (unpaired) electrons. The van der Waals surface area contributed by atoms with Gasteiger partial charge in [-0.2, -0.15) is 0 Å². The predicted octanol–water partition coefficient (Wildman–Crippen LogP) is 3.18. The van der Waals surface area contributed by atoms with E-state index in [0.29, 0.717) is 17.9 Å². The number of carbonyl (C=O) groups excluding carboxylic acids is 1. The molecule has 1 heterocycles. The Hall–Kier alpha value is -3.28. The Labute approximate surface area is 151 Å². The highest BCUT2D eigenvalue weighted by Gasteiger charge is 2.11. The van der Waals surface area contributed by atoms with Crippen LogP contribution in [0.15, 0.2) is 67.0 Å². The van der Waals surface area contributed by atoms with Crippen LogP contribution in [0.1, 0.15) is 21.6 Å². The van der Waals surface area contributed by atoms with Crippen LogP contribution in [-0.2, 0) is 13.1 Å². The average molecular weight is 350 g/mol. The fraction of sp³-hybridized carbons (Fsp3) is 0.150. The Kier molecular flexibility index (Phi) is 5.53. The molecule has 0 spiro atoms. The summed E-state index contributed by atoms with van der Waals surface area (Å²) in [7, 11) is 1.91. The van der Waals surface area contributed by atoms with Crippen molar-refractivity contribution >= 4 is 11.7 Å². The van der Waals surface area contributed by atoms with Crippen LogP contribution < -0.4 is 10.2 Å². The van der Waals surface area contributed by atoms with Crippen LogP contribution in [0.25, 0.3) is 0 Å². The molecular formula is C20H19FN4O. The van der Waals surface area contributed by atoms with Crippen molar-refractivity contribution in [3.8, 4) is 0 Å². The number of amides is 1. The lowest BCUT2D eigenvalue weighted by atomic mass is 10.2. The summed E-state index contributed by atoms with van der Waals surface area (Å²) in [6.45, 7) is 0.789. The standard InChI is InChI=1S/C20H19FN4O/c1-25(14-15-7-3-2-4-8-15)19-13-22-18(12-23-19)20(26)24-11-16-9-5-6-10-17(16)21/h2-10,12-13H,11,14H2,1H3,(H,24,26). The van der Waals surface area contributed by atoms with Gasteiger partial charge in [-0.15, -0.1) is 0 Å². The van der Waals surface area contributed by atoms with E-state index in [4.69, 9.17) is 0 Å². The summed E-state index contributed by atoms with van der Waals surface area (Å²) in [6, 6.07) is 16.3. The number of rotatable bonds is 6. The molecule has 0 bridgehead atoms. The molecular weight excluding hydrogens is 331 g/mol. The third kappa shape index (κ3) is 4.42. The Balaban J connectivity index is 1.60. The molecule has 1 aromatic heterocycles. The SMILES string of the molecule is CN(Cc1ccccc1)c1cnc(C(=O)NCc2ccccc2F)cn1. The third-order valence-corrected chi connectivity index (χ3v) is 3.92. The molecule has 0 saturated carbocycles. The zero-order valence-corrected chi connectivity index (χ0v) is 14.4. The zero-order valence-electron chi connectivity index (χ0n) is 14.4. The van der Waals surface area contributed by atoms with E-state index in [1.54, 1.807) is 24.4 Å². The van der Waals surface area contributed by atoms with Crippen molar-refractivity contribution in [1.82, 2.24) is 15.3 Å². The third-order valence-electron chi connectivity index (χ3n) is 3.92. The number of hydrogen-bond acceptors (Lipinski definition) is 4. The molecule has 0 aliphatic carbocycles. The summed E-state index contributed by atoms with van der Waals surface area (Å²) < 4.78 is 13.6. The van der Waals surface area contributed by atoms with Gasteiger partial charge in [0.1, 0.15) is 17.3 Å². The van der Waals surface area contributed by atoms with E-state index >= 15 is 0 Å². The van der Waals surface area contributed by atoms with Gasteiger partial charge in [0.15, 0.2) is 0 Å². The number of halogens is 1. The first kappa shape index (κ1) is 17.5.